The van der Waals surface area contributed by atoms with Crippen LogP contribution in [0.5, 0.6) is 5.75 Å². The topological polar surface area (TPSA) is 46.9 Å². The first-order chi connectivity index (χ1) is 12.6. The van der Waals surface area contributed by atoms with Crippen molar-refractivity contribution in [1.29, 1.82) is 0 Å². The Morgan fingerprint density at radius 1 is 1.27 bits per heavy atom. The number of amides is 1. The highest BCUT2D eigenvalue weighted by Gasteiger charge is 2.23. The minimum absolute atomic E-state index is 0.0192. The maximum atomic E-state index is 13.0. The van der Waals surface area contributed by atoms with Gasteiger partial charge in [-0.15, -0.1) is 11.3 Å². The molecular formula is C19H24N3O2S2+. The summed E-state index contributed by atoms with van der Waals surface area (Å²) >= 11 is 3.01. The van der Waals surface area contributed by atoms with E-state index < -0.39 is 0 Å². The van der Waals surface area contributed by atoms with Crippen molar-refractivity contribution in [3.8, 4) is 5.75 Å². The lowest BCUT2D eigenvalue weighted by Crippen LogP contribution is -3.05. The second kappa shape index (κ2) is 8.62. The normalized spacial score (nSPS) is 11.2. The van der Waals surface area contributed by atoms with Crippen molar-refractivity contribution < 1.29 is 14.4 Å². The molecule has 0 bridgehead atoms. The van der Waals surface area contributed by atoms with Gasteiger partial charge in [-0.1, -0.05) is 23.5 Å². The zero-order chi connectivity index (χ0) is 18.5. The second-order valence-electron chi connectivity index (χ2n) is 6.28. The second-order valence-corrected chi connectivity index (χ2v) is 8.23. The standard InChI is InChI=1S/C19H23N3O2S2/c1-4-24-14-8-5-9-15-17(14)20-19(26-15)22(12-7-11-21(2)3)18(23)16-10-6-13-25-16/h5-6,8-10,13H,4,7,11-12H2,1-3H3/p+1. The molecule has 1 N–H and O–H groups in total. The molecule has 0 aliphatic rings. The summed E-state index contributed by atoms with van der Waals surface area (Å²) in [5.41, 5.74) is 0.830. The summed E-state index contributed by atoms with van der Waals surface area (Å²) in [4.78, 5) is 21.7. The molecule has 0 aliphatic carbocycles. The molecule has 1 amide bonds. The Morgan fingerprint density at radius 2 is 2.12 bits per heavy atom. The molecule has 7 heteroatoms. The van der Waals surface area contributed by atoms with Crippen molar-refractivity contribution in [3.05, 3.63) is 40.6 Å². The molecule has 5 nitrogen and oxygen atoms in total. The number of nitrogens with zero attached hydrogens (tertiary/aromatic N) is 2. The van der Waals surface area contributed by atoms with Crippen LogP contribution in [-0.2, 0) is 0 Å². The maximum absolute atomic E-state index is 13.0. The molecular weight excluding hydrogens is 366 g/mol. The summed E-state index contributed by atoms with van der Waals surface area (Å²) in [6, 6.07) is 9.70. The summed E-state index contributed by atoms with van der Waals surface area (Å²) in [5, 5.41) is 2.67. The van der Waals surface area contributed by atoms with Crippen molar-refractivity contribution in [2.24, 2.45) is 0 Å². The monoisotopic (exact) mass is 390 g/mol. The van der Waals surface area contributed by atoms with E-state index in [1.54, 1.807) is 11.3 Å². The summed E-state index contributed by atoms with van der Waals surface area (Å²) in [6.07, 6.45) is 0.924. The molecule has 3 aromatic rings. The first kappa shape index (κ1) is 18.8. The minimum Gasteiger partial charge on any atom is -0.492 e. The van der Waals surface area contributed by atoms with Crippen LogP contribution < -0.4 is 14.5 Å². The number of anilines is 1. The van der Waals surface area contributed by atoms with Gasteiger partial charge in [0, 0.05) is 13.0 Å². The number of thiophene rings is 1. The number of nitrogens with one attached hydrogen (secondary N) is 1. The van der Waals surface area contributed by atoms with Crippen molar-refractivity contribution >= 4 is 43.9 Å². The molecule has 26 heavy (non-hydrogen) atoms. The fourth-order valence-electron chi connectivity index (χ4n) is 2.71. The quantitative estimate of drug-likeness (QED) is 0.643. The van der Waals surface area contributed by atoms with E-state index in [1.165, 1.54) is 16.2 Å². The van der Waals surface area contributed by atoms with Crippen LogP contribution in [0.4, 0.5) is 5.13 Å². The maximum Gasteiger partial charge on any atom is 0.270 e. The van der Waals surface area contributed by atoms with Crippen LogP contribution in [0.15, 0.2) is 35.7 Å². The van der Waals surface area contributed by atoms with E-state index in [2.05, 4.69) is 14.1 Å². The predicted molar refractivity (Wildman–Crippen MR) is 109 cm³/mol. The summed E-state index contributed by atoms with van der Waals surface area (Å²) in [6.45, 7) is 4.22. The van der Waals surface area contributed by atoms with Crippen LogP contribution in [0.2, 0.25) is 0 Å². The molecule has 3 rings (SSSR count). The van der Waals surface area contributed by atoms with Crippen LogP contribution in [0.25, 0.3) is 10.2 Å². The highest BCUT2D eigenvalue weighted by molar-refractivity contribution is 7.22. The van der Waals surface area contributed by atoms with E-state index >= 15 is 0 Å². The third-order valence-corrected chi connectivity index (χ3v) is 5.84. The van der Waals surface area contributed by atoms with Crippen LogP contribution in [0.1, 0.15) is 23.0 Å². The Bertz CT molecular complexity index is 859. The number of ether oxygens (including phenoxy) is 1. The summed E-state index contributed by atoms with van der Waals surface area (Å²) < 4.78 is 6.73. The van der Waals surface area contributed by atoms with Gasteiger partial charge >= 0.3 is 0 Å². The van der Waals surface area contributed by atoms with Gasteiger partial charge < -0.3 is 9.64 Å². The van der Waals surface area contributed by atoms with Gasteiger partial charge in [-0.05, 0) is 30.5 Å². The fourth-order valence-corrected chi connectivity index (χ4v) is 4.39. The average molecular weight is 391 g/mol. The molecule has 0 radical (unpaired) electrons. The molecule has 138 valence electrons. The van der Waals surface area contributed by atoms with Gasteiger partial charge in [0.15, 0.2) is 5.13 Å². The number of rotatable bonds is 8. The molecule has 2 aromatic heterocycles. The number of fused-ring (bicyclic) bond motifs is 1. The first-order valence-corrected chi connectivity index (χ1v) is 10.5. The van der Waals surface area contributed by atoms with Crippen molar-refractivity contribution in [2.45, 2.75) is 13.3 Å². The van der Waals surface area contributed by atoms with E-state index in [9.17, 15) is 4.79 Å². The highest BCUT2D eigenvalue weighted by atomic mass is 32.1. The number of aromatic nitrogens is 1. The number of thiazole rings is 1. The Kier molecular flexibility index (Phi) is 6.24. The number of carbonyl (C=O) groups is 1. The van der Waals surface area contributed by atoms with Gasteiger partial charge in [0.05, 0.1) is 36.8 Å². The van der Waals surface area contributed by atoms with Gasteiger partial charge in [0.2, 0.25) is 0 Å². The number of quaternary nitrogens is 1. The lowest BCUT2D eigenvalue weighted by molar-refractivity contribution is -0.858. The summed E-state index contributed by atoms with van der Waals surface area (Å²) in [7, 11) is 4.25. The van der Waals surface area contributed by atoms with Crippen molar-refractivity contribution in [2.75, 3.05) is 38.7 Å². The van der Waals surface area contributed by atoms with Crippen molar-refractivity contribution in [3.63, 3.8) is 0 Å². The Balaban J connectivity index is 1.93. The van der Waals surface area contributed by atoms with Gasteiger partial charge in [-0.25, -0.2) is 4.98 Å². The Morgan fingerprint density at radius 3 is 2.81 bits per heavy atom. The summed E-state index contributed by atoms with van der Waals surface area (Å²) in [5.74, 6) is 0.791. The van der Waals surface area contributed by atoms with E-state index in [-0.39, 0.29) is 5.91 Å². The fraction of sp³-hybridized carbons (Fsp3) is 0.368. The molecule has 0 saturated heterocycles. The van der Waals surface area contributed by atoms with E-state index in [1.807, 2.05) is 47.5 Å². The van der Waals surface area contributed by atoms with E-state index in [4.69, 9.17) is 9.72 Å². The number of hydrogen-bond acceptors (Lipinski definition) is 5. The first-order valence-electron chi connectivity index (χ1n) is 8.77. The van der Waals surface area contributed by atoms with Crippen LogP contribution in [-0.4, -0.2) is 44.7 Å². The number of benzene rings is 1. The molecule has 0 aliphatic heterocycles. The minimum atomic E-state index is 0.0192. The lowest BCUT2D eigenvalue weighted by Gasteiger charge is -2.19. The molecule has 0 spiro atoms. The Hall–Kier alpha value is -1.96. The third kappa shape index (κ3) is 4.23. The van der Waals surface area contributed by atoms with Gasteiger partial charge in [-0.2, -0.15) is 0 Å². The molecule has 1 aromatic carbocycles. The van der Waals surface area contributed by atoms with Gasteiger partial charge in [0.25, 0.3) is 5.91 Å². The number of hydrogen-bond donors (Lipinski definition) is 1. The zero-order valence-corrected chi connectivity index (χ0v) is 17.0. The highest BCUT2D eigenvalue weighted by Crippen LogP contribution is 2.35. The zero-order valence-electron chi connectivity index (χ0n) is 15.3. The molecule has 0 saturated carbocycles. The largest absolute Gasteiger partial charge is 0.492 e. The van der Waals surface area contributed by atoms with Gasteiger partial charge in [-0.3, -0.25) is 9.69 Å². The Labute approximate surface area is 161 Å². The van der Waals surface area contributed by atoms with Crippen molar-refractivity contribution in [1.82, 2.24) is 4.98 Å². The van der Waals surface area contributed by atoms with E-state index in [0.29, 0.717) is 13.2 Å². The predicted octanol–water partition coefficient (Wildman–Crippen LogP) is 2.94. The average Bonchev–Trinajstić information content (AvgIpc) is 3.28. The number of carbonyl (C=O) groups excluding carboxylic acids is 1. The smallest absolute Gasteiger partial charge is 0.270 e. The lowest BCUT2D eigenvalue weighted by atomic mass is 10.3. The molecule has 0 fully saturated rings. The van der Waals surface area contributed by atoms with E-state index in [0.717, 1.165) is 38.9 Å². The van der Waals surface area contributed by atoms with Crippen LogP contribution in [0, 0.1) is 0 Å². The SMILES string of the molecule is CCOc1cccc2sc(N(CCC[NH+](C)C)C(=O)c3cccs3)nc12. The van der Waals surface area contributed by atoms with Crippen LogP contribution in [0.3, 0.4) is 0 Å². The van der Waals surface area contributed by atoms with Crippen LogP contribution >= 0.6 is 22.7 Å². The molecule has 0 atom stereocenters. The molecule has 0 unspecified atom stereocenters. The van der Waals surface area contributed by atoms with Gasteiger partial charge in [0.1, 0.15) is 11.3 Å². The third-order valence-electron chi connectivity index (χ3n) is 3.94. The molecule has 2 heterocycles. The number of para-hydroxylation sites is 1.